The standard InChI is InChI=1S/C21H17FO3/c22-20-18(21(23)25-15-17-10-5-2-6-11-17)12-7-13-19(20)24-14-16-8-3-1-4-9-16/h1-13H,14-15H2. The molecule has 0 unspecified atom stereocenters. The molecule has 25 heavy (non-hydrogen) atoms. The van der Waals surface area contributed by atoms with E-state index in [9.17, 15) is 9.18 Å². The van der Waals surface area contributed by atoms with Gasteiger partial charge in [0.2, 0.25) is 0 Å². The Balaban J connectivity index is 1.66. The number of benzene rings is 3. The van der Waals surface area contributed by atoms with E-state index < -0.39 is 11.8 Å². The van der Waals surface area contributed by atoms with Crippen molar-refractivity contribution in [2.45, 2.75) is 13.2 Å². The van der Waals surface area contributed by atoms with Crippen LogP contribution in [0, 0.1) is 5.82 Å². The molecule has 3 aromatic rings. The summed E-state index contributed by atoms with van der Waals surface area (Å²) in [5.41, 5.74) is 1.62. The summed E-state index contributed by atoms with van der Waals surface area (Å²) in [5.74, 6) is -1.40. The van der Waals surface area contributed by atoms with E-state index in [1.807, 2.05) is 60.7 Å². The van der Waals surface area contributed by atoms with Gasteiger partial charge in [-0.15, -0.1) is 0 Å². The maximum Gasteiger partial charge on any atom is 0.341 e. The van der Waals surface area contributed by atoms with Crippen molar-refractivity contribution >= 4 is 5.97 Å². The number of ether oxygens (including phenoxy) is 2. The van der Waals surface area contributed by atoms with Gasteiger partial charge < -0.3 is 9.47 Å². The Labute approximate surface area is 145 Å². The summed E-state index contributed by atoms with van der Waals surface area (Å²) in [5, 5.41) is 0. The van der Waals surface area contributed by atoms with E-state index in [-0.39, 0.29) is 24.5 Å². The molecule has 4 heteroatoms. The van der Waals surface area contributed by atoms with Crippen LogP contribution in [0.4, 0.5) is 4.39 Å². The Hall–Kier alpha value is -3.14. The van der Waals surface area contributed by atoms with Crippen molar-refractivity contribution in [3.63, 3.8) is 0 Å². The van der Waals surface area contributed by atoms with Crippen LogP contribution in [0.15, 0.2) is 78.9 Å². The van der Waals surface area contributed by atoms with Crippen molar-refractivity contribution in [2.75, 3.05) is 0 Å². The van der Waals surface area contributed by atoms with Gasteiger partial charge in [0.1, 0.15) is 13.2 Å². The SMILES string of the molecule is O=C(OCc1ccccc1)c1cccc(OCc2ccccc2)c1F. The van der Waals surface area contributed by atoms with Crippen LogP contribution in [0.25, 0.3) is 0 Å². The third-order valence-electron chi connectivity index (χ3n) is 3.63. The number of carbonyl (C=O) groups excluding carboxylic acids is 1. The van der Waals surface area contributed by atoms with Crippen molar-refractivity contribution < 1.29 is 18.7 Å². The van der Waals surface area contributed by atoms with E-state index in [0.717, 1.165) is 11.1 Å². The number of halogens is 1. The lowest BCUT2D eigenvalue weighted by molar-refractivity contribution is 0.0466. The highest BCUT2D eigenvalue weighted by Gasteiger charge is 2.17. The number of carbonyl (C=O) groups is 1. The fourth-order valence-corrected chi connectivity index (χ4v) is 2.32. The van der Waals surface area contributed by atoms with E-state index in [0.29, 0.717) is 0 Å². The maximum absolute atomic E-state index is 14.5. The second kappa shape index (κ2) is 8.11. The number of esters is 1. The zero-order valence-electron chi connectivity index (χ0n) is 13.5. The van der Waals surface area contributed by atoms with Gasteiger partial charge in [-0.2, -0.15) is 0 Å². The summed E-state index contributed by atoms with van der Waals surface area (Å²) in [6.45, 7) is 0.314. The fourth-order valence-electron chi connectivity index (χ4n) is 2.32. The first-order valence-electron chi connectivity index (χ1n) is 7.90. The second-order valence-electron chi connectivity index (χ2n) is 5.45. The Kier molecular flexibility index (Phi) is 5.42. The van der Waals surface area contributed by atoms with E-state index in [2.05, 4.69) is 0 Å². The Bertz CT molecular complexity index is 832. The largest absolute Gasteiger partial charge is 0.486 e. The van der Waals surface area contributed by atoms with Gasteiger partial charge in [0.15, 0.2) is 11.6 Å². The molecule has 0 aliphatic carbocycles. The van der Waals surface area contributed by atoms with Crippen LogP contribution in [0.1, 0.15) is 21.5 Å². The van der Waals surface area contributed by atoms with Gasteiger partial charge in [0.25, 0.3) is 0 Å². The van der Waals surface area contributed by atoms with Gasteiger partial charge in [-0.05, 0) is 23.3 Å². The van der Waals surface area contributed by atoms with Crippen molar-refractivity contribution in [1.29, 1.82) is 0 Å². The predicted octanol–water partition coefficient (Wildman–Crippen LogP) is 4.76. The van der Waals surface area contributed by atoms with Gasteiger partial charge in [-0.3, -0.25) is 0 Å². The van der Waals surface area contributed by atoms with Crippen molar-refractivity contribution in [3.05, 3.63) is 101 Å². The summed E-state index contributed by atoms with van der Waals surface area (Å²) in [7, 11) is 0. The molecule has 3 rings (SSSR count). The van der Waals surface area contributed by atoms with E-state index in [4.69, 9.17) is 9.47 Å². The summed E-state index contributed by atoms with van der Waals surface area (Å²) in [4.78, 5) is 12.1. The summed E-state index contributed by atoms with van der Waals surface area (Å²) in [6, 6.07) is 23.1. The van der Waals surface area contributed by atoms with Crippen LogP contribution in [-0.2, 0) is 18.0 Å². The molecular weight excluding hydrogens is 319 g/mol. The summed E-state index contributed by atoms with van der Waals surface area (Å²) < 4.78 is 25.2. The minimum Gasteiger partial charge on any atom is -0.486 e. The first-order chi connectivity index (χ1) is 12.2. The second-order valence-corrected chi connectivity index (χ2v) is 5.45. The van der Waals surface area contributed by atoms with Crippen LogP contribution in [0.3, 0.4) is 0 Å². The molecule has 126 valence electrons. The molecule has 0 amide bonds. The normalized spacial score (nSPS) is 10.3. The summed E-state index contributed by atoms with van der Waals surface area (Å²) in [6.07, 6.45) is 0. The maximum atomic E-state index is 14.5. The van der Waals surface area contributed by atoms with Crippen molar-refractivity contribution in [2.24, 2.45) is 0 Å². The van der Waals surface area contributed by atoms with Gasteiger partial charge in [-0.25, -0.2) is 9.18 Å². The van der Waals surface area contributed by atoms with Crippen LogP contribution in [-0.4, -0.2) is 5.97 Å². The zero-order chi connectivity index (χ0) is 17.5. The average molecular weight is 336 g/mol. The number of hydrogen-bond donors (Lipinski definition) is 0. The minimum absolute atomic E-state index is 0.0259. The van der Waals surface area contributed by atoms with Gasteiger partial charge in [0.05, 0.1) is 5.56 Å². The van der Waals surface area contributed by atoms with E-state index >= 15 is 0 Å². The predicted molar refractivity (Wildman–Crippen MR) is 92.7 cm³/mol. The highest BCUT2D eigenvalue weighted by molar-refractivity contribution is 5.90. The molecule has 0 aliphatic rings. The Morgan fingerprint density at radius 3 is 2.00 bits per heavy atom. The highest BCUT2D eigenvalue weighted by Crippen LogP contribution is 2.22. The highest BCUT2D eigenvalue weighted by atomic mass is 19.1. The quantitative estimate of drug-likeness (QED) is 0.609. The molecule has 0 radical (unpaired) electrons. The van der Waals surface area contributed by atoms with E-state index in [1.54, 1.807) is 6.07 Å². The molecular formula is C21H17FO3. The van der Waals surface area contributed by atoms with Crippen molar-refractivity contribution in [1.82, 2.24) is 0 Å². The molecule has 0 saturated heterocycles. The van der Waals surface area contributed by atoms with Crippen LogP contribution in [0.5, 0.6) is 5.75 Å². The Morgan fingerprint density at radius 1 is 0.760 bits per heavy atom. The molecule has 3 nitrogen and oxygen atoms in total. The van der Waals surface area contributed by atoms with Crippen LogP contribution < -0.4 is 4.74 Å². The van der Waals surface area contributed by atoms with Gasteiger partial charge in [-0.1, -0.05) is 66.7 Å². The lowest BCUT2D eigenvalue weighted by Crippen LogP contribution is -2.09. The van der Waals surface area contributed by atoms with Crippen LogP contribution >= 0.6 is 0 Å². The number of rotatable bonds is 6. The van der Waals surface area contributed by atoms with Crippen molar-refractivity contribution in [3.8, 4) is 5.75 Å². The topological polar surface area (TPSA) is 35.5 Å². The number of hydrogen-bond acceptors (Lipinski definition) is 3. The van der Waals surface area contributed by atoms with E-state index in [1.165, 1.54) is 12.1 Å². The third kappa shape index (κ3) is 4.44. The smallest absolute Gasteiger partial charge is 0.341 e. The molecule has 0 atom stereocenters. The molecule has 0 N–H and O–H groups in total. The van der Waals surface area contributed by atoms with Gasteiger partial charge in [0, 0.05) is 0 Å². The first-order valence-corrected chi connectivity index (χ1v) is 7.90. The molecule has 0 saturated carbocycles. The molecule has 0 aromatic heterocycles. The van der Waals surface area contributed by atoms with Crippen LogP contribution in [0.2, 0.25) is 0 Å². The molecule has 0 bridgehead atoms. The molecule has 0 heterocycles. The molecule has 3 aromatic carbocycles. The molecule has 0 spiro atoms. The molecule has 0 aliphatic heterocycles. The molecule has 0 fully saturated rings. The first kappa shape index (κ1) is 16.7. The minimum atomic E-state index is -0.716. The average Bonchev–Trinajstić information content (AvgIpc) is 2.67. The summed E-state index contributed by atoms with van der Waals surface area (Å²) >= 11 is 0. The Morgan fingerprint density at radius 2 is 1.36 bits per heavy atom. The lowest BCUT2D eigenvalue weighted by atomic mass is 10.2. The monoisotopic (exact) mass is 336 g/mol. The third-order valence-corrected chi connectivity index (χ3v) is 3.63. The zero-order valence-corrected chi connectivity index (χ0v) is 13.5. The fraction of sp³-hybridized carbons (Fsp3) is 0.0952. The lowest BCUT2D eigenvalue weighted by Gasteiger charge is -2.10. The van der Waals surface area contributed by atoms with Gasteiger partial charge >= 0.3 is 5.97 Å².